The van der Waals surface area contributed by atoms with E-state index in [4.69, 9.17) is 0 Å². The summed E-state index contributed by atoms with van der Waals surface area (Å²) >= 11 is 1.57. The molecule has 1 aromatic heterocycles. The SMILES string of the molecule is CCN(CC)C(=O)c1cccc(NC(=O)Cc2ccsc2)c1. The highest BCUT2D eigenvalue weighted by Crippen LogP contribution is 2.14. The topological polar surface area (TPSA) is 49.4 Å². The average Bonchev–Trinajstić information content (AvgIpc) is 3.01. The molecule has 0 saturated carbocycles. The summed E-state index contributed by atoms with van der Waals surface area (Å²) in [6.07, 6.45) is 0.345. The molecule has 0 aliphatic rings. The zero-order chi connectivity index (χ0) is 15.9. The number of anilines is 1. The van der Waals surface area contributed by atoms with Crippen LogP contribution >= 0.6 is 11.3 Å². The standard InChI is InChI=1S/C17H20N2O2S/c1-3-19(4-2)17(21)14-6-5-7-15(11-14)18-16(20)10-13-8-9-22-12-13/h5-9,11-12H,3-4,10H2,1-2H3,(H,18,20). The van der Waals surface area contributed by atoms with Crippen LogP contribution < -0.4 is 5.32 Å². The second-order valence-electron chi connectivity index (χ2n) is 4.91. The molecule has 1 heterocycles. The summed E-state index contributed by atoms with van der Waals surface area (Å²) in [4.78, 5) is 26.1. The quantitative estimate of drug-likeness (QED) is 0.888. The van der Waals surface area contributed by atoms with Crippen LogP contribution in [-0.4, -0.2) is 29.8 Å². The molecule has 0 atom stereocenters. The minimum atomic E-state index is -0.0779. The van der Waals surface area contributed by atoms with Gasteiger partial charge in [0.15, 0.2) is 0 Å². The molecule has 0 radical (unpaired) electrons. The molecule has 2 rings (SSSR count). The Morgan fingerprint density at radius 3 is 2.59 bits per heavy atom. The minimum Gasteiger partial charge on any atom is -0.339 e. The van der Waals surface area contributed by atoms with E-state index in [-0.39, 0.29) is 11.8 Å². The van der Waals surface area contributed by atoms with E-state index in [1.165, 1.54) is 0 Å². The average molecular weight is 316 g/mol. The molecule has 4 nitrogen and oxygen atoms in total. The van der Waals surface area contributed by atoms with Crippen molar-refractivity contribution in [1.82, 2.24) is 4.90 Å². The van der Waals surface area contributed by atoms with Gasteiger partial charge in [-0.25, -0.2) is 0 Å². The monoisotopic (exact) mass is 316 g/mol. The fourth-order valence-corrected chi connectivity index (χ4v) is 2.88. The number of nitrogens with zero attached hydrogens (tertiary/aromatic N) is 1. The lowest BCUT2D eigenvalue weighted by Gasteiger charge is -2.19. The van der Waals surface area contributed by atoms with Gasteiger partial charge in [-0.05, 0) is 54.4 Å². The predicted octanol–water partition coefficient (Wildman–Crippen LogP) is 3.41. The minimum absolute atomic E-state index is 0.0149. The van der Waals surface area contributed by atoms with Gasteiger partial charge in [0.2, 0.25) is 5.91 Å². The van der Waals surface area contributed by atoms with Crippen LogP contribution in [-0.2, 0) is 11.2 Å². The summed E-state index contributed by atoms with van der Waals surface area (Å²) in [5.41, 5.74) is 2.24. The van der Waals surface area contributed by atoms with E-state index in [2.05, 4.69) is 5.32 Å². The van der Waals surface area contributed by atoms with Gasteiger partial charge in [-0.15, -0.1) is 0 Å². The van der Waals surface area contributed by atoms with Gasteiger partial charge in [0.05, 0.1) is 6.42 Å². The number of carbonyl (C=O) groups excluding carboxylic acids is 2. The predicted molar refractivity (Wildman–Crippen MR) is 90.3 cm³/mol. The molecule has 2 aromatic rings. The lowest BCUT2D eigenvalue weighted by molar-refractivity contribution is -0.115. The first-order chi connectivity index (χ1) is 10.6. The van der Waals surface area contributed by atoms with Gasteiger partial charge >= 0.3 is 0 Å². The highest BCUT2D eigenvalue weighted by Gasteiger charge is 2.13. The molecule has 1 aromatic carbocycles. The van der Waals surface area contributed by atoms with Crippen LogP contribution in [0.1, 0.15) is 29.8 Å². The van der Waals surface area contributed by atoms with Gasteiger partial charge in [-0.3, -0.25) is 9.59 Å². The zero-order valence-electron chi connectivity index (χ0n) is 12.8. The second-order valence-corrected chi connectivity index (χ2v) is 5.69. The van der Waals surface area contributed by atoms with Crippen molar-refractivity contribution in [2.24, 2.45) is 0 Å². The van der Waals surface area contributed by atoms with E-state index in [9.17, 15) is 9.59 Å². The molecule has 0 bridgehead atoms. The van der Waals surface area contributed by atoms with Crippen LogP contribution in [0.2, 0.25) is 0 Å². The van der Waals surface area contributed by atoms with E-state index in [0.29, 0.717) is 30.8 Å². The van der Waals surface area contributed by atoms with E-state index in [1.807, 2.05) is 30.7 Å². The lowest BCUT2D eigenvalue weighted by atomic mass is 10.1. The fraction of sp³-hybridized carbons (Fsp3) is 0.294. The molecule has 1 N–H and O–H groups in total. The summed E-state index contributed by atoms with van der Waals surface area (Å²) in [5.74, 6) is -0.0928. The highest BCUT2D eigenvalue weighted by atomic mass is 32.1. The van der Waals surface area contributed by atoms with Crippen molar-refractivity contribution >= 4 is 28.8 Å². The van der Waals surface area contributed by atoms with Crippen LogP contribution in [0.15, 0.2) is 41.1 Å². The number of hydrogen-bond donors (Lipinski definition) is 1. The first-order valence-electron chi connectivity index (χ1n) is 7.34. The lowest BCUT2D eigenvalue weighted by Crippen LogP contribution is -2.30. The number of benzene rings is 1. The van der Waals surface area contributed by atoms with Gasteiger partial charge in [0.25, 0.3) is 5.91 Å². The maximum atomic E-state index is 12.3. The Kier molecular flexibility index (Phi) is 5.72. The zero-order valence-corrected chi connectivity index (χ0v) is 13.7. The van der Waals surface area contributed by atoms with Crippen LogP contribution in [0.3, 0.4) is 0 Å². The molecule has 0 unspecified atom stereocenters. The molecule has 5 heteroatoms. The summed E-state index contributed by atoms with van der Waals surface area (Å²) in [6, 6.07) is 9.02. The summed E-state index contributed by atoms with van der Waals surface area (Å²) in [7, 11) is 0. The number of nitrogens with one attached hydrogen (secondary N) is 1. The number of carbonyl (C=O) groups is 2. The first-order valence-corrected chi connectivity index (χ1v) is 8.28. The van der Waals surface area contributed by atoms with Gasteiger partial charge in [0, 0.05) is 24.3 Å². The Hall–Kier alpha value is -2.14. The number of thiophene rings is 1. The van der Waals surface area contributed by atoms with Crippen molar-refractivity contribution in [2.45, 2.75) is 20.3 Å². The smallest absolute Gasteiger partial charge is 0.253 e. The van der Waals surface area contributed by atoms with E-state index in [0.717, 1.165) is 5.56 Å². The maximum Gasteiger partial charge on any atom is 0.253 e. The summed E-state index contributed by atoms with van der Waals surface area (Å²) in [6.45, 7) is 5.25. The third-order valence-corrected chi connectivity index (χ3v) is 4.12. The van der Waals surface area contributed by atoms with Gasteiger partial charge in [-0.1, -0.05) is 6.07 Å². The van der Waals surface area contributed by atoms with Crippen LogP contribution in [0.4, 0.5) is 5.69 Å². The van der Waals surface area contributed by atoms with Crippen LogP contribution in [0.25, 0.3) is 0 Å². The van der Waals surface area contributed by atoms with E-state index >= 15 is 0 Å². The molecular formula is C17H20N2O2S. The van der Waals surface area contributed by atoms with Crippen molar-refractivity contribution in [3.63, 3.8) is 0 Å². The molecule has 0 fully saturated rings. The largest absolute Gasteiger partial charge is 0.339 e. The third kappa shape index (κ3) is 4.18. The third-order valence-electron chi connectivity index (χ3n) is 3.39. The molecular weight excluding hydrogens is 296 g/mol. The molecule has 0 aliphatic carbocycles. The maximum absolute atomic E-state index is 12.3. The Bertz CT molecular complexity index is 634. The fourth-order valence-electron chi connectivity index (χ4n) is 2.21. The van der Waals surface area contributed by atoms with Crippen LogP contribution in [0, 0.1) is 0 Å². The van der Waals surface area contributed by atoms with Gasteiger partial charge in [0.1, 0.15) is 0 Å². The van der Waals surface area contributed by atoms with E-state index in [1.54, 1.807) is 40.5 Å². The Morgan fingerprint density at radius 2 is 1.95 bits per heavy atom. The second kappa shape index (κ2) is 7.75. The Balaban J connectivity index is 2.05. The molecule has 22 heavy (non-hydrogen) atoms. The van der Waals surface area contributed by atoms with E-state index < -0.39 is 0 Å². The number of amides is 2. The van der Waals surface area contributed by atoms with Crippen LogP contribution in [0.5, 0.6) is 0 Å². The van der Waals surface area contributed by atoms with Crippen molar-refractivity contribution in [3.05, 3.63) is 52.2 Å². The van der Waals surface area contributed by atoms with Gasteiger partial charge < -0.3 is 10.2 Å². The number of rotatable bonds is 6. The first kappa shape index (κ1) is 16.2. The Labute approximate surface area is 134 Å². The molecule has 0 spiro atoms. The van der Waals surface area contributed by atoms with Crippen molar-refractivity contribution < 1.29 is 9.59 Å². The normalized spacial score (nSPS) is 10.3. The highest BCUT2D eigenvalue weighted by molar-refractivity contribution is 7.08. The Morgan fingerprint density at radius 1 is 1.18 bits per heavy atom. The van der Waals surface area contributed by atoms with Crippen molar-refractivity contribution in [2.75, 3.05) is 18.4 Å². The molecule has 2 amide bonds. The van der Waals surface area contributed by atoms with Crippen molar-refractivity contribution in [1.29, 1.82) is 0 Å². The molecule has 0 aliphatic heterocycles. The summed E-state index contributed by atoms with van der Waals surface area (Å²) < 4.78 is 0. The number of hydrogen-bond acceptors (Lipinski definition) is 3. The van der Waals surface area contributed by atoms with Gasteiger partial charge in [-0.2, -0.15) is 11.3 Å². The molecule has 0 saturated heterocycles. The summed E-state index contributed by atoms with van der Waals surface area (Å²) in [5, 5.41) is 6.75. The van der Waals surface area contributed by atoms with Crippen molar-refractivity contribution in [3.8, 4) is 0 Å². The molecule has 116 valence electrons.